The van der Waals surface area contributed by atoms with Crippen LogP contribution in [0.3, 0.4) is 0 Å². The van der Waals surface area contributed by atoms with Crippen molar-refractivity contribution >= 4 is 11.6 Å². The molecule has 0 spiro atoms. The number of tetrazole rings is 1. The molecule has 0 aliphatic rings. The number of anilines is 1. The lowest BCUT2D eigenvalue weighted by Gasteiger charge is -2.25. The Labute approximate surface area is 117 Å². The smallest absolute Gasteiger partial charge is 0.231 e. The molecule has 1 aromatic carbocycles. The molecular formula is C13H18N6O. The Morgan fingerprint density at radius 2 is 2.20 bits per heavy atom. The number of benzene rings is 1. The number of nitrogens with zero attached hydrogens (tertiary/aromatic N) is 4. The number of nitrogens with one attached hydrogen (secondary N) is 1. The highest BCUT2D eigenvalue weighted by atomic mass is 16.2. The zero-order valence-electron chi connectivity index (χ0n) is 11.6. The fourth-order valence-electron chi connectivity index (χ4n) is 1.72. The maximum absolute atomic E-state index is 12.4. The average Bonchev–Trinajstić information content (AvgIpc) is 3.01. The number of aromatic nitrogens is 4. The number of carbonyl (C=O) groups is 1. The van der Waals surface area contributed by atoms with Gasteiger partial charge in [0.1, 0.15) is 6.33 Å². The molecule has 1 heterocycles. The van der Waals surface area contributed by atoms with Crippen LogP contribution < -0.4 is 11.1 Å². The van der Waals surface area contributed by atoms with Crippen LogP contribution in [0.25, 0.3) is 5.69 Å². The van der Waals surface area contributed by atoms with Crippen LogP contribution in [-0.4, -0.2) is 32.7 Å². The predicted octanol–water partition coefficient (Wildman–Crippen LogP) is 0.976. The van der Waals surface area contributed by atoms with Gasteiger partial charge in [0.05, 0.1) is 16.8 Å². The van der Waals surface area contributed by atoms with E-state index >= 15 is 0 Å². The maximum atomic E-state index is 12.4. The third kappa shape index (κ3) is 2.67. The molecule has 0 bridgehead atoms. The summed E-state index contributed by atoms with van der Waals surface area (Å²) in [7, 11) is 0. The van der Waals surface area contributed by atoms with Crippen molar-refractivity contribution in [3.05, 3.63) is 30.6 Å². The van der Waals surface area contributed by atoms with Gasteiger partial charge in [0.25, 0.3) is 0 Å². The molecule has 1 unspecified atom stereocenters. The van der Waals surface area contributed by atoms with Crippen molar-refractivity contribution in [1.82, 2.24) is 20.2 Å². The van der Waals surface area contributed by atoms with E-state index in [-0.39, 0.29) is 5.91 Å². The van der Waals surface area contributed by atoms with Crippen molar-refractivity contribution in [2.45, 2.75) is 20.3 Å². The second-order valence-electron chi connectivity index (χ2n) is 4.84. The van der Waals surface area contributed by atoms with Gasteiger partial charge in [-0.15, -0.1) is 5.10 Å². The Morgan fingerprint density at radius 3 is 2.80 bits per heavy atom. The average molecular weight is 274 g/mol. The maximum Gasteiger partial charge on any atom is 0.231 e. The Kier molecular flexibility index (Phi) is 4.09. The fraction of sp³-hybridized carbons (Fsp3) is 0.385. The van der Waals surface area contributed by atoms with Crippen LogP contribution in [0.1, 0.15) is 20.3 Å². The monoisotopic (exact) mass is 274 g/mol. The standard InChI is InChI=1S/C13H18N6O/c1-3-13(2,8-14)12(20)16-10-6-4-5-7-11(10)19-9-15-17-18-19/h4-7,9H,3,8,14H2,1-2H3,(H,16,20). The summed E-state index contributed by atoms with van der Waals surface area (Å²) in [6, 6.07) is 7.34. The lowest BCUT2D eigenvalue weighted by molar-refractivity contribution is -0.124. The highest BCUT2D eigenvalue weighted by molar-refractivity contribution is 5.96. The summed E-state index contributed by atoms with van der Waals surface area (Å²) in [5.41, 5.74) is 6.48. The van der Waals surface area contributed by atoms with E-state index in [9.17, 15) is 4.79 Å². The van der Waals surface area contributed by atoms with Gasteiger partial charge in [-0.1, -0.05) is 19.1 Å². The van der Waals surface area contributed by atoms with Crippen LogP contribution in [0.4, 0.5) is 5.69 Å². The first-order chi connectivity index (χ1) is 9.60. The van der Waals surface area contributed by atoms with Crippen LogP contribution in [0.15, 0.2) is 30.6 Å². The molecule has 1 amide bonds. The predicted molar refractivity (Wildman–Crippen MR) is 75.2 cm³/mol. The minimum atomic E-state index is -0.590. The van der Waals surface area contributed by atoms with Crippen molar-refractivity contribution in [3.8, 4) is 5.69 Å². The first-order valence-corrected chi connectivity index (χ1v) is 6.44. The van der Waals surface area contributed by atoms with Crippen molar-refractivity contribution in [1.29, 1.82) is 0 Å². The van der Waals surface area contributed by atoms with E-state index in [4.69, 9.17) is 5.73 Å². The largest absolute Gasteiger partial charge is 0.329 e. The van der Waals surface area contributed by atoms with Gasteiger partial charge in [0.2, 0.25) is 5.91 Å². The lowest BCUT2D eigenvalue weighted by atomic mass is 9.86. The van der Waals surface area contributed by atoms with Crippen LogP contribution in [0.2, 0.25) is 0 Å². The molecule has 2 aromatic rings. The van der Waals surface area contributed by atoms with Crippen LogP contribution in [-0.2, 0) is 4.79 Å². The van der Waals surface area contributed by atoms with E-state index in [0.29, 0.717) is 24.3 Å². The minimum Gasteiger partial charge on any atom is -0.329 e. The zero-order valence-corrected chi connectivity index (χ0v) is 11.6. The highest BCUT2D eigenvalue weighted by Crippen LogP contribution is 2.24. The number of para-hydroxylation sites is 2. The molecule has 0 aliphatic carbocycles. The third-order valence-electron chi connectivity index (χ3n) is 3.53. The zero-order chi connectivity index (χ0) is 14.6. The molecule has 0 radical (unpaired) electrons. The highest BCUT2D eigenvalue weighted by Gasteiger charge is 2.30. The van der Waals surface area contributed by atoms with Crippen molar-refractivity contribution in [3.63, 3.8) is 0 Å². The molecule has 1 aromatic heterocycles. The number of nitrogens with two attached hydrogens (primary N) is 1. The second kappa shape index (κ2) is 5.79. The van der Waals surface area contributed by atoms with E-state index in [0.717, 1.165) is 0 Å². The van der Waals surface area contributed by atoms with Gasteiger partial charge >= 0.3 is 0 Å². The molecule has 0 aliphatic heterocycles. The van der Waals surface area contributed by atoms with Gasteiger partial charge in [-0.05, 0) is 35.9 Å². The summed E-state index contributed by atoms with van der Waals surface area (Å²) >= 11 is 0. The SMILES string of the molecule is CCC(C)(CN)C(=O)Nc1ccccc1-n1cnnn1. The summed E-state index contributed by atoms with van der Waals surface area (Å²) in [4.78, 5) is 12.4. The second-order valence-corrected chi connectivity index (χ2v) is 4.84. The fourth-order valence-corrected chi connectivity index (χ4v) is 1.72. The minimum absolute atomic E-state index is 0.108. The molecule has 7 nitrogen and oxygen atoms in total. The summed E-state index contributed by atoms with van der Waals surface area (Å²) in [6.07, 6.45) is 2.15. The van der Waals surface area contributed by atoms with Gasteiger partial charge in [-0.2, -0.15) is 4.68 Å². The molecule has 2 rings (SSSR count). The molecule has 0 saturated carbocycles. The Bertz CT molecular complexity index is 576. The first kappa shape index (κ1) is 14.1. The van der Waals surface area contributed by atoms with Crippen LogP contribution >= 0.6 is 0 Å². The number of amides is 1. The van der Waals surface area contributed by atoms with Crippen LogP contribution in [0, 0.1) is 5.41 Å². The first-order valence-electron chi connectivity index (χ1n) is 6.44. The van der Waals surface area contributed by atoms with Gasteiger partial charge in [0, 0.05) is 6.54 Å². The summed E-state index contributed by atoms with van der Waals surface area (Å²) in [6.45, 7) is 4.09. The summed E-state index contributed by atoms with van der Waals surface area (Å²) < 4.78 is 1.50. The third-order valence-corrected chi connectivity index (χ3v) is 3.53. The van der Waals surface area contributed by atoms with E-state index in [1.807, 2.05) is 38.1 Å². The van der Waals surface area contributed by atoms with E-state index < -0.39 is 5.41 Å². The van der Waals surface area contributed by atoms with Crippen molar-refractivity contribution < 1.29 is 4.79 Å². The van der Waals surface area contributed by atoms with E-state index in [2.05, 4.69) is 20.8 Å². The van der Waals surface area contributed by atoms with Crippen molar-refractivity contribution in [2.24, 2.45) is 11.1 Å². The normalized spacial score (nSPS) is 13.8. The molecule has 20 heavy (non-hydrogen) atoms. The summed E-state index contributed by atoms with van der Waals surface area (Å²) in [5, 5.41) is 13.9. The Morgan fingerprint density at radius 1 is 1.45 bits per heavy atom. The molecule has 0 fully saturated rings. The van der Waals surface area contributed by atoms with Gasteiger partial charge < -0.3 is 11.1 Å². The molecule has 1 atom stereocenters. The summed E-state index contributed by atoms with van der Waals surface area (Å²) in [5.74, 6) is -0.108. The quantitative estimate of drug-likeness (QED) is 0.846. The number of carbonyl (C=O) groups excluding carboxylic acids is 1. The number of rotatable bonds is 5. The van der Waals surface area contributed by atoms with Crippen molar-refractivity contribution in [2.75, 3.05) is 11.9 Å². The molecule has 7 heteroatoms. The van der Waals surface area contributed by atoms with Gasteiger partial charge in [-0.25, -0.2) is 0 Å². The van der Waals surface area contributed by atoms with E-state index in [1.54, 1.807) is 0 Å². The number of hydrogen-bond acceptors (Lipinski definition) is 5. The Hall–Kier alpha value is -2.28. The Balaban J connectivity index is 2.29. The molecular weight excluding hydrogens is 256 g/mol. The van der Waals surface area contributed by atoms with Crippen LogP contribution in [0.5, 0.6) is 0 Å². The number of hydrogen-bond donors (Lipinski definition) is 2. The topological polar surface area (TPSA) is 98.7 Å². The molecule has 3 N–H and O–H groups in total. The van der Waals surface area contributed by atoms with Gasteiger partial charge in [0.15, 0.2) is 0 Å². The van der Waals surface area contributed by atoms with E-state index in [1.165, 1.54) is 11.0 Å². The molecule has 0 saturated heterocycles. The van der Waals surface area contributed by atoms with Gasteiger partial charge in [-0.3, -0.25) is 4.79 Å². The molecule has 106 valence electrons. The lowest BCUT2D eigenvalue weighted by Crippen LogP contribution is -2.39.